The Bertz CT molecular complexity index is 1130. The molecule has 0 radical (unpaired) electrons. The SMILES string of the molecule is Cc1cc(B2OC(C)(C)C(C)(C)O2)cc(Cl)n1.Cc1ccc(B(O)O)o1.O=C(O)COCc1ccccc1. The van der Waals surface area contributed by atoms with Gasteiger partial charge >= 0.3 is 20.2 Å². The third kappa shape index (κ3) is 9.90. The van der Waals surface area contributed by atoms with Crippen molar-refractivity contribution in [1.29, 1.82) is 0 Å². The van der Waals surface area contributed by atoms with Crippen LogP contribution in [0.3, 0.4) is 0 Å². The van der Waals surface area contributed by atoms with Crippen LogP contribution in [0, 0.1) is 13.8 Å². The summed E-state index contributed by atoms with van der Waals surface area (Å²) in [5, 5.41) is 25.7. The lowest BCUT2D eigenvalue weighted by molar-refractivity contribution is -0.142. The maximum atomic E-state index is 10.1. The molecule has 3 aromatic rings. The maximum Gasteiger partial charge on any atom is 0.526 e. The molecule has 204 valence electrons. The minimum Gasteiger partial charge on any atom is -0.480 e. The van der Waals surface area contributed by atoms with Crippen molar-refractivity contribution in [2.75, 3.05) is 6.61 Å². The number of nitrogens with zero attached hydrogens (tertiary/aromatic N) is 1. The van der Waals surface area contributed by atoms with Gasteiger partial charge in [0.15, 0.2) is 0 Å². The van der Waals surface area contributed by atoms with Crippen molar-refractivity contribution in [2.24, 2.45) is 0 Å². The van der Waals surface area contributed by atoms with E-state index >= 15 is 0 Å². The zero-order valence-corrected chi connectivity index (χ0v) is 23.2. The summed E-state index contributed by atoms with van der Waals surface area (Å²) in [5.74, 6) is -0.260. The van der Waals surface area contributed by atoms with E-state index in [1.165, 1.54) is 6.07 Å². The van der Waals surface area contributed by atoms with E-state index in [9.17, 15) is 4.79 Å². The molecule has 1 fully saturated rings. The van der Waals surface area contributed by atoms with E-state index in [2.05, 4.69) is 4.98 Å². The molecule has 4 rings (SSSR count). The third-order valence-electron chi connectivity index (χ3n) is 5.82. The lowest BCUT2D eigenvalue weighted by atomic mass is 9.79. The number of aromatic nitrogens is 1. The van der Waals surface area contributed by atoms with Gasteiger partial charge in [0.05, 0.1) is 23.6 Å². The number of carboxylic acids is 1. The molecule has 38 heavy (non-hydrogen) atoms. The van der Waals surface area contributed by atoms with Gasteiger partial charge in [-0.15, -0.1) is 0 Å². The fourth-order valence-corrected chi connectivity index (χ4v) is 3.45. The van der Waals surface area contributed by atoms with Gasteiger partial charge in [-0.2, -0.15) is 0 Å². The van der Waals surface area contributed by atoms with Gasteiger partial charge < -0.3 is 33.6 Å². The third-order valence-corrected chi connectivity index (χ3v) is 6.02. The van der Waals surface area contributed by atoms with Gasteiger partial charge in [0.2, 0.25) is 0 Å². The van der Waals surface area contributed by atoms with Crippen LogP contribution < -0.4 is 11.1 Å². The number of halogens is 1. The monoisotopic (exact) mass is 545 g/mol. The molecule has 0 saturated carbocycles. The lowest BCUT2D eigenvalue weighted by Gasteiger charge is -2.32. The largest absolute Gasteiger partial charge is 0.526 e. The summed E-state index contributed by atoms with van der Waals surface area (Å²) < 4.78 is 21.6. The Balaban J connectivity index is 0.000000212. The Morgan fingerprint density at radius 2 is 1.63 bits per heavy atom. The van der Waals surface area contributed by atoms with Crippen molar-refractivity contribution in [1.82, 2.24) is 4.98 Å². The molecule has 3 N–H and O–H groups in total. The normalized spacial score (nSPS) is 15.1. The first-order valence-electron chi connectivity index (χ1n) is 12.0. The summed E-state index contributed by atoms with van der Waals surface area (Å²) in [7, 11) is -1.86. The van der Waals surface area contributed by atoms with Crippen LogP contribution in [0.5, 0.6) is 0 Å². The minimum absolute atomic E-state index is 0.188. The fourth-order valence-electron chi connectivity index (χ4n) is 3.19. The average molecular weight is 546 g/mol. The van der Waals surface area contributed by atoms with Crippen LogP contribution in [0.15, 0.2) is 59.0 Å². The number of carbonyl (C=O) groups is 1. The average Bonchev–Trinajstić information content (AvgIpc) is 3.34. The van der Waals surface area contributed by atoms with Gasteiger partial charge in [0.25, 0.3) is 0 Å². The second-order valence-corrected chi connectivity index (χ2v) is 10.0. The van der Waals surface area contributed by atoms with Crippen LogP contribution in [0.2, 0.25) is 5.15 Å². The molecule has 1 saturated heterocycles. The highest BCUT2D eigenvalue weighted by Gasteiger charge is 2.51. The molecule has 1 aliphatic rings. The van der Waals surface area contributed by atoms with Crippen molar-refractivity contribution in [3.63, 3.8) is 0 Å². The summed E-state index contributed by atoms with van der Waals surface area (Å²) in [6, 6.07) is 16.4. The van der Waals surface area contributed by atoms with E-state index < -0.39 is 13.1 Å². The molecule has 12 heteroatoms. The van der Waals surface area contributed by atoms with Crippen LogP contribution in [-0.2, 0) is 25.4 Å². The number of hydrogen-bond acceptors (Lipinski definition) is 8. The van der Waals surface area contributed by atoms with E-state index in [0.29, 0.717) is 17.5 Å². The first-order chi connectivity index (χ1) is 17.7. The summed E-state index contributed by atoms with van der Waals surface area (Å²) >= 11 is 5.95. The molecule has 9 nitrogen and oxygen atoms in total. The molecule has 0 aliphatic carbocycles. The van der Waals surface area contributed by atoms with Crippen molar-refractivity contribution in [3.05, 3.63) is 76.8 Å². The molecule has 0 spiro atoms. The lowest BCUT2D eigenvalue weighted by Crippen LogP contribution is -2.41. The molecule has 1 aromatic carbocycles. The van der Waals surface area contributed by atoms with Gasteiger partial charge in [-0.1, -0.05) is 41.9 Å². The number of furan rings is 1. The second kappa shape index (κ2) is 13.9. The summed E-state index contributed by atoms with van der Waals surface area (Å²) in [5.41, 5.74) is 2.29. The molecule has 1 aliphatic heterocycles. The molecule has 0 atom stereocenters. The number of benzene rings is 1. The van der Waals surface area contributed by atoms with Crippen molar-refractivity contribution < 1.29 is 38.4 Å². The van der Waals surface area contributed by atoms with Gasteiger partial charge in [-0.3, -0.25) is 0 Å². The minimum atomic E-state index is -1.49. The highest BCUT2D eigenvalue weighted by Crippen LogP contribution is 2.36. The van der Waals surface area contributed by atoms with E-state index in [1.807, 2.05) is 71.0 Å². The molecular weight excluding hydrogens is 511 g/mol. The number of hydrogen-bond donors (Lipinski definition) is 3. The second-order valence-electron chi connectivity index (χ2n) is 9.65. The molecule has 0 bridgehead atoms. The number of rotatable bonds is 6. The number of pyridine rings is 1. The molecule has 2 aromatic heterocycles. The van der Waals surface area contributed by atoms with Crippen molar-refractivity contribution in [2.45, 2.75) is 59.4 Å². The maximum absolute atomic E-state index is 10.1. The topological polar surface area (TPSA) is 131 Å². The highest BCUT2D eigenvalue weighted by molar-refractivity contribution is 6.62. The zero-order chi connectivity index (χ0) is 28.5. The Labute approximate surface area is 229 Å². The Morgan fingerprint density at radius 1 is 1.03 bits per heavy atom. The van der Waals surface area contributed by atoms with Gasteiger partial charge in [-0.05, 0) is 76.8 Å². The van der Waals surface area contributed by atoms with Gasteiger partial charge in [-0.25, -0.2) is 9.78 Å². The quantitative estimate of drug-likeness (QED) is 0.316. The number of ether oxygens (including phenoxy) is 1. The predicted octanol–water partition coefficient (Wildman–Crippen LogP) is 2.90. The zero-order valence-electron chi connectivity index (χ0n) is 22.5. The molecule has 0 unspecified atom stereocenters. The standard InChI is InChI=1S/C12H17BClNO2.C9H10O3.C5H7BO3/c1-8-6-9(7-10(14)15-8)13-16-11(2,3)12(4,5)17-13;10-9(11)7-12-6-8-4-2-1-3-5-8;1-4-2-3-5(9-4)6(7)8/h6-7H,1-5H3;1-5H,6-7H2,(H,10,11);2-3,7-8H,1H3. The molecule has 0 amide bonds. The van der Waals surface area contributed by atoms with Crippen molar-refractivity contribution in [3.8, 4) is 0 Å². The van der Waals surface area contributed by atoms with Crippen LogP contribution in [0.1, 0.15) is 44.7 Å². The van der Waals surface area contributed by atoms with Crippen LogP contribution in [-0.4, -0.2) is 58.2 Å². The summed E-state index contributed by atoms with van der Waals surface area (Å²) in [4.78, 5) is 14.2. The number of aryl methyl sites for hydroxylation is 2. The fraction of sp³-hybridized carbons (Fsp3) is 0.385. The number of aliphatic carboxylic acids is 1. The van der Waals surface area contributed by atoms with Crippen LogP contribution in [0.25, 0.3) is 0 Å². The highest BCUT2D eigenvalue weighted by atomic mass is 35.5. The van der Waals surface area contributed by atoms with Crippen molar-refractivity contribution >= 4 is 42.9 Å². The molecule has 3 heterocycles. The smallest absolute Gasteiger partial charge is 0.480 e. The summed E-state index contributed by atoms with van der Waals surface area (Å²) in [6.07, 6.45) is 0. The summed E-state index contributed by atoms with van der Waals surface area (Å²) in [6.45, 7) is 11.9. The molecular formula is C26H34B2ClNO8. The Morgan fingerprint density at radius 3 is 2.08 bits per heavy atom. The van der Waals surface area contributed by atoms with E-state index in [4.69, 9.17) is 45.2 Å². The van der Waals surface area contributed by atoms with Gasteiger partial charge in [0, 0.05) is 5.69 Å². The Hall–Kier alpha value is -2.66. The van der Waals surface area contributed by atoms with E-state index in [-0.39, 0.29) is 30.6 Å². The van der Waals surface area contributed by atoms with E-state index in [0.717, 1.165) is 16.7 Å². The number of carboxylic acid groups (broad SMARTS) is 1. The van der Waals surface area contributed by atoms with E-state index in [1.54, 1.807) is 19.1 Å². The first-order valence-corrected chi connectivity index (χ1v) is 12.3. The predicted molar refractivity (Wildman–Crippen MR) is 147 cm³/mol. The Kier molecular flexibility index (Phi) is 11.6. The van der Waals surface area contributed by atoms with Crippen LogP contribution in [0.4, 0.5) is 0 Å². The first kappa shape index (κ1) is 31.6. The van der Waals surface area contributed by atoms with Crippen LogP contribution >= 0.6 is 11.6 Å². The van der Waals surface area contributed by atoms with Gasteiger partial charge in [0.1, 0.15) is 17.4 Å².